The van der Waals surface area contributed by atoms with E-state index in [1.165, 1.54) is 0 Å². The van der Waals surface area contributed by atoms with Crippen LogP contribution in [0.15, 0.2) is 18.3 Å². The minimum atomic E-state index is -0.361. The zero-order valence-electron chi connectivity index (χ0n) is 11.2. The number of carbonyl (C=O) groups excluding carboxylic acids is 1. The summed E-state index contributed by atoms with van der Waals surface area (Å²) in [6, 6.07) is 3.86. The molecule has 0 radical (unpaired) electrons. The first-order chi connectivity index (χ1) is 7.82. The largest absolute Gasteiger partial charge is 0.362 e. The molecular formula is C13H21N3O. The van der Waals surface area contributed by atoms with Gasteiger partial charge < -0.3 is 10.2 Å². The van der Waals surface area contributed by atoms with Gasteiger partial charge in [0, 0.05) is 37.8 Å². The van der Waals surface area contributed by atoms with Crippen molar-refractivity contribution in [1.29, 1.82) is 0 Å². The first-order valence-electron chi connectivity index (χ1n) is 5.72. The Kier molecular flexibility index (Phi) is 4.10. The number of nitrogens with one attached hydrogen (secondary N) is 1. The minimum absolute atomic E-state index is 0.0473. The van der Waals surface area contributed by atoms with Gasteiger partial charge in [0.2, 0.25) is 5.91 Å². The summed E-state index contributed by atoms with van der Waals surface area (Å²) in [5, 5.41) is 2.93. The average molecular weight is 235 g/mol. The fourth-order valence-electron chi connectivity index (χ4n) is 1.41. The van der Waals surface area contributed by atoms with Crippen molar-refractivity contribution >= 4 is 11.7 Å². The van der Waals surface area contributed by atoms with Crippen molar-refractivity contribution < 1.29 is 4.79 Å². The number of nitrogens with zero attached hydrogens (tertiary/aromatic N) is 2. The predicted octanol–water partition coefficient (Wildman–Crippen LogP) is 1.81. The first kappa shape index (κ1) is 13.5. The monoisotopic (exact) mass is 235 g/mol. The highest BCUT2D eigenvalue weighted by atomic mass is 16.2. The molecule has 4 nitrogen and oxygen atoms in total. The molecule has 0 bridgehead atoms. The summed E-state index contributed by atoms with van der Waals surface area (Å²) in [4.78, 5) is 18.0. The summed E-state index contributed by atoms with van der Waals surface area (Å²) < 4.78 is 0. The number of carbonyl (C=O) groups is 1. The molecular weight excluding hydrogens is 214 g/mol. The van der Waals surface area contributed by atoms with Gasteiger partial charge in [0.1, 0.15) is 5.82 Å². The van der Waals surface area contributed by atoms with Crippen LogP contribution in [0.3, 0.4) is 0 Å². The Labute approximate surface area is 103 Å². The second-order valence-electron chi connectivity index (χ2n) is 5.31. The van der Waals surface area contributed by atoms with Crippen molar-refractivity contribution in [3.8, 4) is 0 Å². The molecule has 4 heteroatoms. The summed E-state index contributed by atoms with van der Waals surface area (Å²) in [6.45, 7) is 6.22. The van der Waals surface area contributed by atoms with Crippen LogP contribution in [0.5, 0.6) is 0 Å². The molecule has 1 heterocycles. The van der Waals surface area contributed by atoms with E-state index in [-0.39, 0.29) is 11.3 Å². The van der Waals surface area contributed by atoms with Crippen molar-refractivity contribution in [2.75, 3.05) is 19.0 Å². The van der Waals surface area contributed by atoms with Gasteiger partial charge in [-0.05, 0) is 6.07 Å². The molecule has 1 amide bonds. The number of anilines is 1. The Morgan fingerprint density at radius 1 is 1.41 bits per heavy atom. The van der Waals surface area contributed by atoms with Gasteiger partial charge in [-0.2, -0.15) is 0 Å². The molecule has 1 rings (SSSR count). The second-order valence-corrected chi connectivity index (χ2v) is 5.31. The van der Waals surface area contributed by atoms with E-state index in [1.807, 2.05) is 51.9 Å². The Bertz CT molecular complexity index is 394. The summed E-state index contributed by atoms with van der Waals surface area (Å²) in [6.07, 6.45) is 1.75. The van der Waals surface area contributed by atoms with Crippen molar-refractivity contribution in [3.63, 3.8) is 0 Å². The van der Waals surface area contributed by atoms with Gasteiger partial charge in [-0.3, -0.25) is 4.79 Å². The molecule has 1 aromatic rings. The molecule has 0 aliphatic carbocycles. The summed E-state index contributed by atoms with van der Waals surface area (Å²) in [7, 11) is 3.88. The lowest BCUT2D eigenvalue weighted by molar-refractivity contribution is -0.128. The second kappa shape index (κ2) is 5.17. The van der Waals surface area contributed by atoms with E-state index >= 15 is 0 Å². The normalized spacial score (nSPS) is 11.1. The molecule has 0 aromatic carbocycles. The van der Waals surface area contributed by atoms with Gasteiger partial charge in [-0.25, -0.2) is 4.98 Å². The van der Waals surface area contributed by atoms with Crippen molar-refractivity contribution in [2.45, 2.75) is 27.3 Å². The molecule has 0 fully saturated rings. The molecule has 0 saturated carbocycles. The van der Waals surface area contributed by atoms with Gasteiger partial charge in [0.25, 0.3) is 0 Å². The van der Waals surface area contributed by atoms with Crippen LogP contribution in [0.1, 0.15) is 26.3 Å². The Hall–Kier alpha value is -1.58. The number of amides is 1. The smallest absolute Gasteiger partial charge is 0.225 e. The summed E-state index contributed by atoms with van der Waals surface area (Å²) in [5.41, 5.74) is 0.663. The molecule has 17 heavy (non-hydrogen) atoms. The van der Waals surface area contributed by atoms with Crippen LogP contribution in [-0.4, -0.2) is 25.0 Å². The van der Waals surface area contributed by atoms with E-state index < -0.39 is 0 Å². The summed E-state index contributed by atoms with van der Waals surface area (Å²) in [5.74, 6) is 0.938. The van der Waals surface area contributed by atoms with Gasteiger partial charge in [-0.15, -0.1) is 0 Å². The standard InChI is InChI=1S/C13H21N3O/c1-13(2,3)12(17)15-9-10-7-6-8-14-11(10)16(4)5/h6-8H,9H2,1-5H3,(H,15,17). The predicted molar refractivity (Wildman–Crippen MR) is 69.9 cm³/mol. The van der Waals surface area contributed by atoms with Crippen LogP contribution >= 0.6 is 0 Å². The molecule has 94 valence electrons. The molecule has 0 spiro atoms. The highest BCUT2D eigenvalue weighted by Gasteiger charge is 2.20. The topological polar surface area (TPSA) is 45.2 Å². The maximum absolute atomic E-state index is 11.8. The number of aromatic nitrogens is 1. The lowest BCUT2D eigenvalue weighted by atomic mass is 9.95. The number of hydrogen-bond acceptors (Lipinski definition) is 3. The average Bonchev–Trinajstić information content (AvgIpc) is 2.24. The number of rotatable bonds is 3. The first-order valence-corrected chi connectivity index (χ1v) is 5.72. The Balaban J connectivity index is 2.73. The van der Waals surface area contributed by atoms with Gasteiger partial charge in [0.15, 0.2) is 0 Å². The Morgan fingerprint density at radius 2 is 2.06 bits per heavy atom. The van der Waals surface area contributed by atoms with Crippen molar-refractivity contribution in [3.05, 3.63) is 23.9 Å². The van der Waals surface area contributed by atoms with E-state index in [0.717, 1.165) is 11.4 Å². The number of hydrogen-bond donors (Lipinski definition) is 1. The lowest BCUT2D eigenvalue weighted by Crippen LogP contribution is -2.34. The van der Waals surface area contributed by atoms with Crippen LogP contribution in [0.2, 0.25) is 0 Å². The van der Waals surface area contributed by atoms with E-state index in [4.69, 9.17) is 0 Å². The highest BCUT2D eigenvalue weighted by molar-refractivity contribution is 5.81. The molecule has 0 saturated heterocycles. The fourth-order valence-corrected chi connectivity index (χ4v) is 1.41. The molecule has 1 N–H and O–H groups in total. The maximum Gasteiger partial charge on any atom is 0.225 e. The molecule has 0 atom stereocenters. The van der Waals surface area contributed by atoms with Gasteiger partial charge in [-0.1, -0.05) is 26.8 Å². The highest BCUT2D eigenvalue weighted by Crippen LogP contribution is 2.16. The Morgan fingerprint density at radius 3 is 2.59 bits per heavy atom. The molecule has 0 aliphatic rings. The van der Waals surface area contributed by atoms with Gasteiger partial charge in [0.05, 0.1) is 0 Å². The van der Waals surface area contributed by atoms with Crippen LogP contribution in [-0.2, 0) is 11.3 Å². The maximum atomic E-state index is 11.8. The molecule has 0 unspecified atom stereocenters. The summed E-state index contributed by atoms with van der Waals surface area (Å²) >= 11 is 0. The van der Waals surface area contributed by atoms with E-state index in [1.54, 1.807) is 6.20 Å². The zero-order chi connectivity index (χ0) is 13.1. The third kappa shape index (κ3) is 3.73. The quantitative estimate of drug-likeness (QED) is 0.869. The van der Waals surface area contributed by atoms with Crippen LogP contribution in [0.4, 0.5) is 5.82 Å². The lowest BCUT2D eigenvalue weighted by Gasteiger charge is -2.20. The minimum Gasteiger partial charge on any atom is -0.362 e. The van der Waals surface area contributed by atoms with E-state index in [9.17, 15) is 4.79 Å². The van der Waals surface area contributed by atoms with Crippen LogP contribution < -0.4 is 10.2 Å². The van der Waals surface area contributed by atoms with Crippen LogP contribution in [0.25, 0.3) is 0 Å². The third-order valence-corrected chi connectivity index (χ3v) is 2.41. The zero-order valence-corrected chi connectivity index (χ0v) is 11.2. The SMILES string of the molecule is CN(C)c1ncccc1CNC(=O)C(C)(C)C. The molecule has 0 aliphatic heterocycles. The third-order valence-electron chi connectivity index (χ3n) is 2.41. The molecule has 1 aromatic heterocycles. The van der Waals surface area contributed by atoms with Gasteiger partial charge >= 0.3 is 0 Å². The van der Waals surface area contributed by atoms with Crippen LogP contribution in [0, 0.1) is 5.41 Å². The van der Waals surface area contributed by atoms with E-state index in [2.05, 4.69) is 10.3 Å². The van der Waals surface area contributed by atoms with E-state index in [0.29, 0.717) is 6.54 Å². The van der Waals surface area contributed by atoms with Crippen molar-refractivity contribution in [1.82, 2.24) is 10.3 Å². The van der Waals surface area contributed by atoms with Crippen molar-refractivity contribution in [2.24, 2.45) is 5.41 Å². The number of pyridine rings is 1. The fraction of sp³-hybridized carbons (Fsp3) is 0.538.